The van der Waals surface area contributed by atoms with E-state index in [1.54, 1.807) is 18.1 Å². The van der Waals surface area contributed by atoms with Crippen LogP contribution in [0.2, 0.25) is 0 Å². The number of aromatic amines is 1. The number of fused-ring (bicyclic) bond motifs is 1. The molecule has 0 radical (unpaired) electrons. The van der Waals surface area contributed by atoms with E-state index in [-0.39, 0.29) is 0 Å². The van der Waals surface area contributed by atoms with Crippen LogP contribution in [0.25, 0.3) is 10.9 Å². The number of aromatic nitrogens is 1. The summed E-state index contributed by atoms with van der Waals surface area (Å²) in [5.74, 6) is 1.43. The van der Waals surface area contributed by atoms with Crippen molar-refractivity contribution < 1.29 is 4.74 Å². The molecule has 0 aliphatic rings. The van der Waals surface area contributed by atoms with Crippen LogP contribution >= 0.6 is 0 Å². The highest BCUT2D eigenvalue weighted by Gasteiger charge is 2.25. The largest absolute Gasteiger partial charge is 0.457 e. The molecule has 5 aromatic rings. The molecule has 0 saturated carbocycles. The third kappa shape index (κ3) is 3.34. The maximum atomic E-state index is 12.4. The molecule has 6 heteroatoms. The van der Waals surface area contributed by atoms with Crippen molar-refractivity contribution in [1.29, 1.82) is 0 Å². The topological polar surface area (TPSA) is 74.4 Å². The summed E-state index contributed by atoms with van der Waals surface area (Å²) in [6, 6.07) is 24.6. The molecule has 0 bridgehead atoms. The van der Waals surface area contributed by atoms with Crippen LogP contribution in [0.1, 0.15) is 0 Å². The van der Waals surface area contributed by atoms with Gasteiger partial charge in [0.25, 0.3) is 10.9 Å². The van der Waals surface area contributed by atoms with E-state index < -0.39 is 10.9 Å². The first kappa shape index (κ1) is 18.7. The summed E-state index contributed by atoms with van der Waals surface area (Å²) in [5.41, 5.74) is 2.09. The number of benzene rings is 3. The van der Waals surface area contributed by atoms with Crippen LogP contribution in [0.5, 0.6) is 11.5 Å². The summed E-state index contributed by atoms with van der Waals surface area (Å²) in [5, 5.41) is 4.09. The molecule has 0 aliphatic carbocycles. The quantitative estimate of drug-likeness (QED) is 0.383. The molecule has 0 amide bonds. The summed E-state index contributed by atoms with van der Waals surface area (Å²) in [6.07, 6.45) is 1.79. The van der Waals surface area contributed by atoms with Gasteiger partial charge in [0.1, 0.15) is 22.9 Å². The highest BCUT2D eigenvalue weighted by atomic mass is 16.5. The molecule has 152 valence electrons. The Morgan fingerprint density at radius 2 is 1.48 bits per heavy atom. The fourth-order valence-electron chi connectivity index (χ4n) is 3.62. The summed E-state index contributed by atoms with van der Waals surface area (Å²) in [7, 11) is 1.77. The van der Waals surface area contributed by atoms with Crippen LogP contribution in [0.4, 0.5) is 22.7 Å². The van der Waals surface area contributed by atoms with Gasteiger partial charge in [-0.05, 0) is 42.5 Å². The first-order chi connectivity index (χ1) is 15.1. The number of ether oxygens (including phenoxy) is 1. The number of nitrogens with one attached hydrogen (secondary N) is 2. The van der Waals surface area contributed by atoms with E-state index in [0.717, 1.165) is 28.0 Å². The van der Waals surface area contributed by atoms with Gasteiger partial charge in [-0.25, -0.2) is 0 Å². The Kier molecular flexibility index (Phi) is 4.52. The Morgan fingerprint density at radius 3 is 2.26 bits per heavy atom. The van der Waals surface area contributed by atoms with Gasteiger partial charge in [-0.3, -0.25) is 9.59 Å². The Labute approximate surface area is 178 Å². The molecule has 1 aromatic heterocycles. The monoisotopic (exact) mass is 409 g/mol. The van der Waals surface area contributed by atoms with Gasteiger partial charge in [-0.1, -0.05) is 36.4 Å². The lowest BCUT2D eigenvalue weighted by Crippen LogP contribution is -2.39. The van der Waals surface area contributed by atoms with Gasteiger partial charge in [0.05, 0.1) is 5.69 Å². The average molecular weight is 409 g/mol. The molecule has 2 N–H and O–H groups in total. The number of para-hydroxylation sites is 2. The van der Waals surface area contributed by atoms with Crippen molar-refractivity contribution in [1.82, 2.24) is 4.98 Å². The van der Waals surface area contributed by atoms with Crippen molar-refractivity contribution in [3.8, 4) is 11.5 Å². The Morgan fingerprint density at radius 1 is 0.806 bits per heavy atom. The fraction of sp³-hybridized carbons (Fsp3) is 0.0400. The zero-order valence-corrected chi connectivity index (χ0v) is 16.8. The molecule has 0 spiro atoms. The average Bonchev–Trinajstić information content (AvgIpc) is 3.22. The van der Waals surface area contributed by atoms with Crippen LogP contribution in [0.3, 0.4) is 0 Å². The van der Waals surface area contributed by atoms with E-state index >= 15 is 0 Å². The minimum absolute atomic E-state index is 0.293. The summed E-state index contributed by atoms with van der Waals surface area (Å²) in [6.45, 7) is 0. The van der Waals surface area contributed by atoms with Gasteiger partial charge < -0.3 is 19.9 Å². The summed E-state index contributed by atoms with van der Waals surface area (Å²) in [4.78, 5) is 29.5. The van der Waals surface area contributed by atoms with Crippen molar-refractivity contribution in [3.63, 3.8) is 0 Å². The molecule has 0 saturated heterocycles. The van der Waals surface area contributed by atoms with E-state index in [1.807, 2.05) is 78.9 Å². The van der Waals surface area contributed by atoms with E-state index in [4.69, 9.17) is 4.74 Å². The normalized spacial score (nSPS) is 11.0. The zero-order valence-electron chi connectivity index (χ0n) is 16.8. The fourth-order valence-corrected chi connectivity index (χ4v) is 3.62. The molecular weight excluding hydrogens is 390 g/mol. The molecule has 1 heterocycles. The highest BCUT2D eigenvalue weighted by molar-refractivity contribution is 5.96. The van der Waals surface area contributed by atoms with Crippen LogP contribution in [0.15, 0.2) is 94.6 Å². The molecule has 6 nitrogen and oxygen atoms in total. The number of hydrogen-bond donors (Lipinski definition) is 2. The molecule has 31 heavy (non-hydrogen) atoms. The molecule has 0 atom stereocenters. The molecule has 0 aliphatic heterocycles. The van der Waals surface area contributed by atoms with E-state index in [9.17, 15) is 9.59 Å². The van der Waals surface area contributed by atoms with Crippen LogP contribution in [-0.4, -0.2) is 12.0 Å². The Bertz CT molecular complexity index is 1430. The maximum absolute atomic E-state index is 12.4. The van der Waals surface area contributed by atoms with Crippen molar-refractivity contribution in [2.24, 2.45) is 0 Å². The van der Waals surface area contributed by atoms with Gasteiger partial charge in [0.2, 0.25) is 0 Å². The van der Waals surface area contributed by atoms with Crippen molar-refractivity contribution in [2.45, 2.75) is 0 Å². The Hall–Kier alpha value is -4.32. The third-order valence-electron chi connectivity index (χ3n) is 5.27. The third-order valence-corrected chi connectivity index (χ3v) is 5.27. The predicted molar refractivity (Wildman–Crippen MR) is 124 cm³/mol. The molecule has 5 rings (SSSR count). The van der Waals surface area contributed by atoms with E-state index in [1.165, 1.54) is 0 Å². The lowest BCUT2D eigenvalue weighted by atomic mass is 10.1. The smallest absolute Gasteiger partial charge is 0.253 e. The first-order valence-electron chi connectivity index (χ1n) is 9.85. The number of rotatable bonds is 6. The molecule has 4 aromatic carbocycles. The van der Waals surface area contributed by atoms with Crippen molar-refractivity contribution >= 4 is 33.7 Å². The second kappa shape index (κ2) is 7.50. The second-order valence-electron chi connectivity index (χ2n) is 7.22. The number of anilines is 4. The van der Waals surface area contributed by atoms with Crippen molar-refractivity contribution in [3.05, 3.63) is 106 Å². The number of nitrogens with zero attached hydrogens (tertiary/aromatic N) is 1. The molecule has 0 unspecified atom stereocenters. The van der Waals surface area contributed by atoms with Crippen LogP contribution in [-0.2, 0) is 0 Å². The first-order valence-corrected chi connectivity index (χ1v) is 9.85. The second-order valence-corrected chi connectivity index (χ2v) is 7.22. The highest BCUT2D eigenvalue weighted by Crippen LogP contribution is 2.33. The predicted octanol–water partition coefficient (Wildman–Crippen LogP) is 5.07. The number of H-pyrrole nitrogens is 1. The lowest BCUT2D eigenvalue weighted by molar-refractivity contribution is 0.483. The van der Waals surface area contributed by atoms with Crippen molar-refractivity contribution in [2.75, 3.05) is 17.3 Å². The maximum Gasteiger partial charge on any atom is 0.253 e. The van der Waals surface area contributed by atoms with Gasteiger partial charge in [0.15, 0.2) is 0 Å². The molecule has 0 fully saturated rings. The summed E-state index contributed by atoms with van der Waals surface area (Å²) >= 11 is 0. The zero-order chi connectivity index (χ0) is 21.4. The van der Waals surface area contributed by atoms with E-state index in [2.05, 4.69) is 10.3 Å². The number of hydrogen-bond acceptors (Lipinski definition) is 5. The van der Waals surface area contributed by atoms with Gasteiger partial charge in [-0.2, -0.15) is 0 Å². The molecular formula is C25H19N3O3. The van der Waals surface area contributed by atoms with Crippen LogP contribution in [0, 0.1) is 0 Å². The van der Waals surface area contributed by atoms with Gasteiger partial charge in [-0.15, -0.1) is 0 Å². The minimum Gasteiger partial charge on any atom is -0.457 e. The minimum atomic E-state index is -0.517. The SMILES string of the molecule is CN(c1ccc(Oc2ccccc2)cc1)c1c(Nc2c[nH]c3ccccc23)c(=O)c1=O. The lowest BCUT2D eigenvalue weighted by Gasteiger charge is -2.23. The van der Waals surface area contributed by atoms with Gasteiger partial charge in [0, 0.05) is 29.8 Å². The van der Waals surface area contributed by atoms with Gasteiger partial charge >= 0.3 is 0 Å². The Balaban J connectivity index is 1.40. The van der Waals surface area contributed by atoms with E-state index in [0.29, 0.717) is 17.1 Å². The summed E-state index contributed by atoms with van der Waals surface area (Å²) < 4.78 is 5.82. The standard InChI is InChI=1S/C25H19N3O3/c1-28(16-11-13-18(14-12-16)31-17-7-3-2-4-8-17)23-22(24(29)25(23)30)27-21-15-26-20-10-6-5-9-19(20)21/h2-15,26-27H,1H3. The van der Waals surface area contributed by atoms with Crippen LogP contribution < -0.4 is 25.8 Å².